The zero-order valence-electron chi connectivity index (χ0n) is 13.9. The second kappa shape index (κ2) is 7.91. The second-order valence-electron chi connectivity index (χ2n) is 5.43. The predicted molar refractivity (Wildman–Crippen MR) is 92.9 cm³/mol. The Morgan fingerprint density at radius 1 is 1.27 bits per heavy atom. The van der Waals surface area contributed by atoms with Gasteiger partial charge < -0.3 is 19.9 Å². The molecule has 10 heteroatoms. The van der Waals surface area contributed by atoms with E-state index in [1.54, 1.807) is 30.5 Å². The van der Waals surface area contributed by atoms with E-state index in [9.17, 15) is 9.59 Å². The lowest BCUT2D eigenvalue weighted by Crippen LogP contribution is -2.28. The van der Waals surface area contributed by atoms with Crippen molar-refractivity contribution in [3.05, 3.63) is 42.6 Å². The van der Waals surface area contributed by atoms with Gasteiger partial charge in [-0.3, -0.25) is 14.2 Å². The van der Waals surface area contributed by atoms with Crippen LogP contribution in [-0.2, 0) is 16.1 Å². The monoisotopic (exact) mass is 375 g/mol. The van der Waals surface area contributed by atoms with E-state index in [0.717, 1.165) is 11.8 Å². The lowest BCUT2D eigenvalue weighted by molar-refractivity contribution is -0.119. The van der Waals surface area contributed by atoms with Crippen LogP contribution < -0.4 is 11.1 Å². The first-order valence-electron chi connectivity index (χ1n) is 7.75. The Bertz CT molecular complexity index is 873. The van der Waals surface area contributed by atoms with Crippen LogP contribution in [0.25, 0.3) is 11.6 Å². The van der Waals surface area contributed by atoms with E-state index in [-0.39, 0.29) is 24.2 Å². The molecule has 0 aliphatic heterocycles. The predicted octanol–water partition coefficient (Wildman–Crippen LogP) is 1.59. The molecular formula is C16H17N5O4S. The number of amides is 2. The van der Waals surface area contributed by atoms with Crippen LogP contribution in [-0.4, -0.2) is 32.3 Å². The summed E-state index contributed by atoms with van der Waals surface area (Å²) in [6.07, 6.45) is 3.05. The number of furan rings is 2. The maximum Gasteiger partial charge on any atom is 0.237 e. The highest BCUT2D eigenvalue weighted by molar-refractivity contribution is 7.99. The molecule has 3 N–H and O–H groups in total. The molecule has 0 saturated carbocycles. The van der Waals surface area contributed by atoms with Gasteiger partial charge in [0, 0.05) is 0 Å². The summed E-state index contributed by atoms with van der Waals surface area (Å²) in [6, 6.07) is 6.70. The molecular weight excluding hydrogens is 358 g/mol. The Morgan fingerprint density at radius 2 is 2.04 bits per heavy atom. The number of aromatic nitrogens is 3. The van der Waals surface area contributed by atoms with Crippen LogP contribution in [0.3, 0.4) is 0 Å². The van der Waals surface area contributed by atoms with Crippen LogP contribution >= 0.6 is 11.8 Å². The number of hydrogen-bond donors (Lipinski definition) is 2. The van der Waals surface area contributed by atoms with Gasteiger partial charge in [0.2, 0.25) is 17.6 Å². The Labute approximate surface area is 152 Å². The first kappa shape index (κ1) is 17.8. The Kier molecular flexibility index (Phi) is 5.42. The molecule has 0 saturated heterocycles. The fourth-order valence-electron chi connectivity index (χ4n) is 2.30. The highest BCUT2D eigenvalue weighted by Gasteiger charge is 2.19. The SMILES string of the molecule is CC(NC(=O)CSc1nnc(-c2ccco2)n1CC(N)=O)c1ccco1. The third kappa shape index (κ3) is 4.14. The van der Waals surface area contributed by atoms with Gasteiger partial charge in [0.15, 0.2) is 10.9 Å². The third-order valence-corrected chi connectivity index (χ3v) is 4.42. The summed E-state index contributed by atoms with van der Waals surface area (Å²) in [5.74, 6) is 0.852. The Balaban J connectivity index is 1.67. The van der Waals surface area contributed by atoms with Crippen LogP contribution in [0.5, 0.6) is 0 Å². The number of rotatable bonds is 8. The molecule has 1 unspecified atom stereocenters. The quantitative estimate of drug-likeness (QED) is 0.572. The number of nitrogens with two attached hydrogens (primary N) is 1. The zero-order chi connectivity index (χ0) is 18.5. The highest BCUT2D eigenvalue weighted by Crippen LogP contribution is 2.24. The maximum atomic E-state index is 12.1. The molecule has 0 radical (unpaired) electrons. The van der Waals surface area contributed by atoms with E-state index < -0.39 is 5.91 Å². The van der Waals surface area contributed by atoms with Gasteiger partial charge in [-0.1, -0.05) is 11.8 Å². The minimum Gasteiger partial charge on any atom is -0.467 e. The van der Waals surface area contributed by atoms with Crippen LogP contribution in [0.2, 0.25) is 0 Å². The van der Waals surface area contributed by atoms with Crippen LogP contribution in [0.15, 0.2) is 50.8 Å². The summed E-state index contributed by atoms with van der Waals surface area (Å²) in [5.41, 5.74) is 5.31. The number of nitrogens with one attached hydrogen (secondary N) is 1. The van der Waals surface area contributed by atoms with Crippen molar-refractivity contribution in [1.29, 1.82) is 0 Å². The first-order valence-corrected chi connectivity index (χ1v) is 8.74. The molecule has 0 bridgehead atoms. The summed E-state index contributed by atoms with van der Waals surface area (Å²) >= 11 is 1.15. The molecule has 0 fully saturated rings. The van der Waals surface area contributed by atoms with E-state index in [2.05, 4.69) is 15.5 Å². The fraction of sp³-hybridized carbons (Fsp3) is 0.250. The molecule has 0 aliphatic rings. The summed E-state index contributed by atoms with van der Waals surface area (Å²) < 4.78 is 12.1. The lowest BCUT2D eigenvalue weighted by Gasteiger charge is -2.11. The fourth-order valence-corrected chi connectivity index (χ4v) is 3.05. The second-order valence-corrected chi connectivity index (χ2v) is 6.37. The van der Waals surface area contributed by atoms with Gasteiger partial charge >= 0.3 is 0 Å². The Morgan fingerprint density at radius 3 is 2.69 bits per heavy atom. The summed E-state index contributed by atoms with van der Waals surface area (Å²) in [7, 11) is 0. The topological polar surface area (TPSA) is 129 Å². The molecule has 0 spiro atoms. The van der Waals surface area contributed by atoms with E-state index in [1.165, 1.54) is 10.8 Å². The van der Waals surface area contributed by atoms with Gasteiger partial charge in [-0.05, 0) is 31.2 Å². The van der Waals surface area contributed by atoms with E-state index >= 15 is 0 Å². The van der Waals surface area contributed by atoms with Gasteiger partial charge in [0.25, 0.3) is 0 Å². The van der Waals surface area contributed by atoms with Gasteiger partial charge in [-0.15, -0.1) is 10.2 Å². The third-order valence-electron chi connectivity index (χ3n) is 3.45. The van der Waals surface area contributed by atoms with Crippen molar-refractivity contribution in [3.8, 4) is 11.6 Å². The molecule has 136 valence electrons. The smallest absolute Gasteiger partial charge is 0.237 e. The highest BCUT2D eigenvalue weighted by atomic mass is 32.2. The maximum absolute atomic E-state index is 12.1. The lowest BCUT2D eigenvalue weighted by atomic mass is 10.2. The average molecular weight is 375 g/mol. The van der Waals surface area contributed by atoms with Crippen molar-refractivity contribution in [2.75, 3.05) is 5.75 Å². The number of thioether (sulfide) groups is 1. The molecule has 2 amide bonds. The van der Waals surface area contributed by atoms with Crippen molar-refractivity contribution >= 4 is 23.6 Å². The molecule has 9 nitrogen and oxygen atoms in total. The molecule has 0 aromatic carbocycles. The van der Waals surface area contributed by atoms with Gasteiger partial charge in [0.05, 0.1) is 24.3 Å². The summed E-state index contributed by atoms with van der Waals surface area (Å²) in [6.45, 7) is 1.71. The van der Waals surface area contributed by atoms with Crippen molar-refractivity contribution in [2.24, 2.45) is 5.73 Å². The van der Waals surface area contributed by atoms with Crippen molar-refractivity contribution in [3.63, 3.8) is 0 Å². The van der Waals surface area contributed by atoms with Crippen LogP contribution in [0.1, 0.15) is 18.7 Å². The molecule has 3 aromatic rings. The molecule has 26 heavy (non-hydrogen) atoms. The molecule has 3 heterocycles. The normalized spacial score (nSPS) is 12.0. The van der Waals surface area contributed by atoms with E-state index in [0.29, 0.717) is 22.5 Å². The van der Waals surface area contributed by atoms with Gasteiger partial charge in [-0.25, -0.2) is 0 Å². The van der Waals surface area contributed by atoms with Crippen molar-refractivity contribution in [2.45, 2.75) is 24.7 Å². The van der Waals surface area contributed by atoms with Crippen molar-refractivity contribution in [1.82, 2.24) is 20.1 Å². The number of hydrogen-bond acceptors (Lipinski definition) is 7. The van der Waals surface area contributed by atoms with Gasteiger partial charge in [-0.2, -0.15) is 0 Å². The van der Waals surface area contributed by atoms with E-state index in [4.69, 9.17) is 14.6 Å². The summed E-state index contributed by atoms with van der Waals surface area (Å²) in [4.78, 5) is 23.5. The minimum absolute atomic E-state index is 0.0973. The Hall–Kier alpha value is -3.01. The number of carbonyl (C=O) groups excluding carboxylic acids is 2. The first-order chi connectivity index (χ1) is 12.5. The number of nitrogens with zero attached hydrogens (tertiary/aromatic N) is 3. The minimum atomic E-state index is -0.546. The van der Waals surface area contributed by atoms with Crippen LogP contribution in [0, 0.1) is 0 Å². The zero-order valence-corrected chi connectivity index (χ0v) is 14.7. The molecule has 1 atom stereocenters. The molecule has 0 aliphatic carbocycles. The molecule has 3 rings (SSSR count). The largest absolute Gasteiger partial charge is 0.467 e. The van der Waals surface area contributed by atoms with Gasteiger partial charge in [0.1, 0.15) is 12.3 Å². The number of carbonyl (C=O) groups is 2. The average Bonchev–Trinajstić information content (AvgIpc) is 3.34. The molecule has 3 aromatic heterocycles. The number of primary amides is 1. The standard InChI is InChI=1S/C16H17N5O4S/c1-10(11-4-2-6-24-11)18-14(23)9-26-16-20-19-15(12-5-3-7-25-12)21(16)8-13(17)22/h2-7,10H,8-9H2,1H3,(H2,17,22)(H,18,23). The van der Waals surface area contributed by atoms with E-state index in [1.807, 2.05) is 6.92 Å². The summed E-state index contributed by atoms with van der Waals surface area (Å²) in [5, 5.41) is 11.3. The van der Waals surface area contributed by atoms with Crippen molar-refractivity contribution < 1.29 is 18.4 Å². The van der Waals surface area contributed by atoms with Crippen LogP contribution in [0.4, 0.5) is 0 Å².